The number of hydrogen-bond donors (Lipinski definition) is 2. The van der Waals surface area contributed by atoms with Crippen LogP contribution < -0.4 is 16.0 Å². The van der Waals surface area contributed by atoms with Crippen LogP contribution in [-0.4, -0.2) is 25.0 Å². The Balaban J connectivity index is 1.63. The first-order valence-corrected chi connectivity index (χ1v) is 7.72. The number of amides is 1. The number of rotatable bonds is 4. The summed E-state index contributed by atoms with van der Waals surface area (Å²) in [6, 6.07) is 14.4. The Kier molecular flexibility index (Phi) is 4.57. The van der Waals surface area contributed by atoms with E-state index < -0.39 is 0 Å². The average molecular weight is 313 g/mol. The molecule has 0 radical (unpaired) electrons. The van der Waals surface area contributed by atoms with Crippen LogP contribution in [-0.2, 0) is 17.8 Å². The van der Waals surface area contributed by atoms with E-state index in [4.69, 9.17) is 5.73 Å². The summed E-state index contributed by atoms with van der Waals surface area (Å²) in [7, 11) is 0. The van der Waals surface area contributed by atoms with Crippen LogP contribution in [0.1, 0.15) is 11.1 Å². The van der Waals surface area contributed by atoms with Gasteiger partial charge in [-0.15, -0.1) is 0 Å². The zero-order chi connectivity index (χ0) is 16.2. The quantitative estimate of drug-likeness (QED) is 0.905. The van der Waals surface area contributed by atoms with Crippen LogP contribution in [0.3, 0.4) is 0 Å². The van der Waals surface area contributed by atoms with E-state index in [9.17, 15) is 9.18 Å². The molecular weight excluding hydrogens is 293 g/mol. The second kappa shape index (κ2) is 6.79. The highest BCUT2D eigenvalue weighted by atomic mass is 19.1. The van der Waals surface area contributed by atoms with Gasteiger partial charge in [0.1, 0.15) is 5.82 Å². The maximum absolute atomic E-state index is 13.6. The lowest BCUT2D eigenvalue weighted by molar-refractivity contribution is -0.119. The number of nitrogens with two attached hydrogens (primary N) is 1. The van der Waals surface area contributed by atoms with Gasteiger partial charge in [0.15, 0.2) is 0 Å². The minimum Gasteiger partial charge on any atom is -0.360 e. The zero-order valence-corrected chi connectivity index (χ0v) is 12.8. The van der Waals surface area contributed by atoms with E-state index in [2.05, 4.69) is 5.32 Å². The van der Waals surface area contributed by atoms with Crippen LogP contribution in [0, 0.1) is 5.82 Å². The lowest BCUT2D eigenvalue weighted by Crippen LogP contribution is -2.47. The standard InChI is InChI=1S/C18H20FN3O/c19-16-7-3-1-6-14(16)10-21-18(23)12-22-11-15(20)9-13-5-2-4-8-17(13)22/h1-8,15H,9-12,20H2,(H,21,23). The van der Waals surface area contributed by atoms with Gasteiger partial charge in [-0.3, -0.25) is 4.79 Å². The third-order valence-corrected chi connectivity index (χ3v) is 4.04. The molecular formula is C18H20FN3O. The van der Waals surface area contributed by atoms with E-state index in [0.717, 1.165) is 17.7 Å². The third-order valence-electron chi connectivity index (χ3n) is 4.04. The second-order valence-electron chi connectivity index (χ2n) is 5.84. The van der Waals surface area contributed by atoms with Gasteiger partial charge in [-0.25, -0.2) is 4.39 Å². The van der Waals surface area contributed by atoms with Gasteiger partial charge in [-0.05, 0) is 24.1 Å². The molecule has 1 atom stereocenters. The van der Waals surface area contributed by atoms with E-state index in [1.54, 1.807) is 18.2 Å². The summed E-state index contributed by atoms with van der Waals surface area (Å²) in [5.41, 5.74) is 8.77. The molecule has 0 aliphatic carbocycles. The molecule has 0 fully saturated rings. The van der Waals surface area contributed by atoms with Gasteiger partial charge in [-0.1, -0.05) is 36.4 Å². The smallest absolute Gasteiger partial charge is 0.239 e. The van der Waals surface area contributed by atoms with Crippen molar-refractivity contribution >= 4 is 11.6 Å². The second-order valence-corrected chi connectivity index (χ2v) is 5.84. The average Bonchev–Trinajstić information content (AvgIpc) is 2.54. The van der Waals surface area contributed by atoms with E-state index in [1.807, 2.05) is 29.2 Å². The van der Waals surface area contributed by atoms with E-state index in [0.29, 0.717) is 12.1 Å². The first-order chi connectivity index (χ1) is 11.1. The summed E-state index contributed by atoms with van der Waals surface area (Å²) in [4.78, 5) is 14.2. The van der Waals surface area contributed by atoms with Crippen LogP contribution in [0.5, 0.6) is 0 Å². The van der Waals surface area contributed by atoms with Crippen LogP contribution in [0.4, 0.5) is 10.1 Å². The summed E-state index contributed by atoms with van der Waals surface area (Å²) < 4.78 is 13.6. The number of benzene rings is 2. The van der Waals surface area contributed by atoms with Crippen LogP contribution in [0.2, 0.25) is 0 Å². The number of carbonyl (C=O) groups excluding carboxylic acids is 1. The summed E-state index contributed by atoms with van der Waals surface area (Å²) in [5.74, 6) is -0.449. The molecule has 3 rings (SSSR count). The fraction of sp³-hybridized carbons (Fsp3) is 0.278. The fourth-order valence-electron chi connectivity index (χ4n) is 2.93. The molecule has 1 aliphatic heterocycles. The molecule has 0 spiro atoms. The van der Waals surface area contributed by atoms with Gasteiger partial charge in [0.25, 0.3) is 0 Å². The highest BCUT2D eigenvalue weighted by molar-refractivity contribution is 5.82. The summed E-state index contributed by atoms with van der Waals surface area (Å²) in [6.07, 6.45) is 0.823. The number of hydrogen-bond acceptors (Lipinski definition) is 3. The Bertz CT molecular complexity index is 704. The van der Waals surface area contributed by atoms with E-state index in [1.165, 1.54) is 6.07 Å². The van der Waals surface area contributed by atoms with Crippen molar-refractivity contribution < 1.29 is 9.18 Å². The largest absolute Gasteiger partial charge is 0.360 e. The molecule has 5 heteroatoms. The topological polar surface area (TPSA) is 58.4 Å². The molecule has 0 bridgehead atoms. The Hall–Kier alpha value is -2.40. The predicted octanol–water partition coefficient (Wildman–Crippen LogP) is 1.83. The zero-order valence-electron chi connectivity index (χ0n) is 12.8. The molecule has 4 nitrogen and oxygen atoms in total. The molecule has 2 aromatic rings. The number of nitrogens with zero attached hydrogens (tertiary/aromatic N) is 1. The molecule has 0 aromatic heterocycles. The number of carbonyl (C=O) groups is 1. The maximum Gasteiger partial charge on any atom is 0.239 e. The van der Waals surface area contributed by atoms with Crippen LogP contribution in [0.15, 0.2) is 48.5 Å². The van der Waals surface area contributed by atoms with Crippen molar-refractivity contribution in [2.75, 3.05) is 18.0 Å². The van der Waals surface area contributed by atoms with Crippen molar-refractivity contribution in [2.45, 2.75) is 19.0 Å². The van der Waals surface area contributed by atoms with Crippen molar-refractivity contribution in [2.24, 2.45) is 5.73 Å². The monoisotopic (exact) mass is 313 g/mol. The molecule has 23 heavy (non-hydrogen) atoms. The minimum atomic E-state index is -0.307. The van der Waals surface area contributed by atoms with Crippen molar-refractivity contribution in [1.29, 1.82) is 0 Å². The van der Waals surface area contributed by atoms with Crippen molar-refractivity contribution in [3.8, 4) is 0 Å². The van der Waals surface area contributed by atoms with Gasteiger partial charge in [-0.2, -0.15) is 0 Å². The molecule has 1 unspecified atom stereocenters. The van der Waals surface area contributed by atoms with Gasteiger partial charge < -0.3 is 16.0 Å². The highest BCUT2D eigenvalue weighted by Crippen LogP contribution is 2.25. The van der Waals surface area contributed by atoms with Crippen molar-refractivity contribution in [3.05, 3.63) is 65.5 Å². The van der Waals surface area contributed by atoms with Crippen molar-refractivity contribution in [1.82, 2.24) is 5.32 Å². The Labute approximate surface area is 135 Å². The highest BCUT2D eigenvalue weighted by Gasteiger charge is 2.23. The SMILES string of the molecule is NC1Cc2ccccc2N(CC(=O)NCc2ccccc2F)C1. The normalized spacial score (nSPS) is 16.8. The Morgan fingerprint density at radius 1 is 1.22 bits per heavy atom. The molecule has 2 aromatic carbocycles. The maximum atomic E-state index is 13.6. The molecule has 3 N–H and O–H groups in total. The van der Waals surface area contributed by atoms with E-state index >= 15 is 0 Å². The van der Waals surface area contributed by atoms with Gasteiger partial charge in [0, 0.05) is 30.4 Å². The first-order valence-electron chi connectivity index (χ1n) is 7.72. The Morgan fingerprint density at radius 3 is 2.78 bits per heavy atom. The van der Waals surface area contributed by atoms with Crippen LogP contribution >= 0.6 is 0 Å². The Morgan fingerprint density at radius 2 is 1.96 bits per heavy atom. The van der Waals surface area contributed by atoms with E-state index in [-0.39, 0.29) is 30.9 Å². The lowest BCUT2D eigenvalue weighted by Gasteiger charge is -2.34. The summed E-state index contributed by atoms with van der Waals surface area (Å²) >= 11 is 0. The number of para-hydroxylation sites is 1. The summed E-state index contributed by atoms with van der Waals surface area (Å²) in [5, 5.41) is 2.77. The minimum absolute atomic E-state index is 0.0178. The molecule has 1 amide bonds. The molecule has 0 saturated heterocycles. The lowest BCUT2D eigenvalue weighted by atomic mass is 9.98. The molecule has 1 heterocycles. The molecule has 1 aliphatic rings. The predicted molar refractivity (Wildman–Crippen MR) is 88.6 cm³/mol. The number of anilines is 1. The number of fused-ring (bicyclic) bond motifs is 1. The third kappa shape index (κ3) is 3.68. The molecule has 120 valence electrons. The van der Waals surface area contributed by atoms with Crippen LogP contribution in [0.25, 0.3) is 0 Å². The van der Waals surface area contributed by atoms with Crippen molar-refractivity contribution in [3.63, 3.8) is 0 Å². The fourth-order valence-corrected chi connectivity index (χ4v) is 2.93. The van der Waals surface area contributed by atoms with Gasteiger partial charge in [0.2, 0.25) is 5.91 Å². The van der Waals surface area contributed by atoms with Gasteiger partial charge >= 0.3 is 0 Å². The number of nitrogens with one attached hydrogen (secondary N) is 1. The number of halogens is 1. The first kappa shape index (κ1) is 15.5. The van der Waals surface area contributed by atoms with Gasteiger partial charge in [0.05, 0.1) is 6.54 Å². The molecule has 0 saturated carbocycles. The summed E-state index contributed by atoms with van der Waals surface area (Å²) in [6.45, 7) is 1.05.